The number of carbonyl (C=O) groups excluding carboxylic acids is 2. The van der Waals surface area contributed by atoms with Gasteiger partial charge in [0, 0.05) is 5.56 Å². The van der Waals surface area contributed by atoms with Crippen LogP contribution in [-0.2, 0) is 4.74 Å². The van der Waals surface area contributed by atoms with Gasteiger partial charge in [-0.15, -0.1) is 0 Å². The van der Waals surface area contributed by atoms with Gasteiger partial charge >= 0.3 is 6.09 Å². The van der Waals surface area contributed by atoms with Crippen molar-refractivity contribution in [3.63, 3.8) is 0 Å². The zero-order valence-electron chi connectivity index (χ0n) is 12.4. The van der Waals surface area contributed by atoms with E-state index in [-0.39, 0.29) is 5.78 Å². The van der Waals surface area contributed by atoms with Crippen LogP contribution in [-0.4, -0.2) is 23.0 Å². The molecule has 1 aromatic rings. The van der Waals surface area contributed by atoms with Crippen molar-refractivity contribution in [2.45, 2.75) is 45.8 Å². The van der Waals surface area contributed by atoms with Crippen LogP contribution in [0.2, 0.25) is 5.02 Å². The topological polar surface area (TPSA) is 55.4 Å². The Morgan fingerprint density at radius 3 is 2.15 bits per heavy atom. The first-order valence-corrected chi connectivity index (χ1v) is 6.71. The van der Waals surface area contributed by atoms with Crippen LogP contribution in [0.15, 0.2) is 24.3 Å². The van der Waals surface area contributed by atoms with Crippen LogP contribution in [0.4, 0.5) is 4.79 Å². The lowest BCUT2D eigenvalue weighted by Crippen LogP contribution is -2.51. The Morgan fingerprint density at radius 1 is 1.10 bits per heavy atom. The van der Waals surface area contributed by atoms with Crippen molar-refractivity contribution in [1.29, 1.82) is 0 Å². The van der Waals surface area contributed by atoms with E-state index in [0.717, 1.165) is 0 Å². The fourth-order valence-electron chi connectivity index (χ4n) is 1.60. The van der Waals surface area contributed by atoms with Gasteiger partial charge in [0.2, 0.25) is 0 Å². The minimum Gasteiger partial charge on any atom is -0.444 e. The Hall–Kier alpha value is -1.55. The van der Waals surface area contributed by atoms with E-state index in [1.54, 1.807) is 58.9 Å². The molecule has 5 heteroatoms. The van der Waals surface area contributed by atoms with Gasteiger partial charge in [-0.3, -0.25) is 4.79 Å². The predicted octanol–water partition coefficient (Wildman–Crippen LogP) is 3.83. The van der Waals surface area contributed by atoms with E-state index < -0.39 is 17.2 Å². The molecule has 0 atom stereocenters. The third kappa shape index (κ3) is 4.53. The Morgan fingerprint density at radius 2 is 1.65 bits per heavy atom. The number of nitrogens with one attached hydrogen (secondary N) is 1. The highest BCUT2D eigenvalue weighted by Gasteiger charge is 2.33. The molecule has 0 aliphatic heterocycles. The molecule has 0 spiro atoms. The highest BCUT2D eigenvalue weighted by molar-refractivity contribution is 6.34. The summed E-state index contributed by atoms with van der Waals surface area (Å²) >= 11 is 6.00. The summed E-state index contributed by atoms with van der Waals surface area (Å²) in [6, 6.07) is 6.73. The minimum absolute atomic E-state index is 0.269. The lowest BCUT2D eigenvalue weighted by atomic mass is 9.93. The van der Waals surface area contributed by atoms with Crippen LogP contribution in [0.1, 0.15) is 45.0 Å². The van der Waals surface area contributed by atoms with Crippen LogP contribution in [0, 0.1) is 0 Å². The molecule has 0 saturated carbocycles. The molecule has 1 rings (SSSR count). The minimum atomic E-state index is -1.10. The zero-order chi connectivity index (χ0) is 15.6. The fourth-order valence-corrected chi connectivity index (χ4v) is 1.82. The predicted molar refractivity (Wildman–Crippen MR) is 79.2 cm³/mol. The summed E-state index contributed by atoms with van der Waals surface area (Å²) in [4.78, 5) is 24.2. The van der Waals surface area contributed by atoms with E-state index in [9.17, 15) is 9.59 Å². The SMILES string of the molecule is CC(C)(C)OC(=O)NC(C)(C)C(=O)c1ccccc1Cl. The van der Waals surface area contributed by atoms with E-state index in [1.807, 2.05) is 0 Å². The van der Waals surface area contributed by atoms with Gasteiger partial charge in [-0.25, -0.2) is 4.79 Å². The monoisotopic (exact) mass is 297 g/mol. The third-order valence-corrected chi connectivity index (χ3v) is 2.83. The molecular weight excluding hydrogens is 278 g/mol. The number of benzene rings is 1. The Labute approximate surface area is 124 Å². The molecule has 0 saturated heterocycles. The van der Waals surface area contributed by atoms with Gasteiger partial charge in [0.25, 0.3) is 0 Å². The second kappa shape index (κ2) is 5.83. The van der Waals surface area contributed by atoms with Gasteiger partial charge < -0.3 is 10.1 Å². The number of alkyl carbamates (subject to hydrolysis) is 1. The number of hydrogen-bond donors (Lipinski definition) is 1. The van der Waals surface area contributed by atoms with Crippen LogP contribution < -0.4 is 5.32 Å². The van der Waals surface area contributed by atoms with Crippen LogP contribution in [0.5, 0.6) is 0 Å². The van der Waals surface area contributed by atoms with Crippen molar-refractivity contribution in [1.82, 2.24) is 5.32 Å². The summed E-state index contributed by atoms with van der Waals surface area (Å²) in [5.41, 5.74) is -1.35. The molecule has 0 aliphatic rings. The summed E-state index contributed by atoms with van der Waals surface area (Å²) in [6.45, 7) is 8.51. The molecule has 1 amide bonds. The highest BCUT2D eigenvalue weighted by Crippen LogP contribution is 2.21. The summed E-state index contributed by atoms with van der Waals surface area (Å²) in [7, 11) is 0. The van der Waals surface area contributed by atoms with Gasteiger partial charge in [-0.2, -0.15) is 0 Å². The molecule has 0 aromatic heterocycles. The van der Waals surface area contributed by atoms with Crippen LogP contribution in [0.25, 0.3) is 0 Å². The molecular formula is C15H20ClNO3. The van der Waals surface area contributed by atoms with Gasteiger partial charge in [0.05, 0.1) is 5.02 Å². The van der Waals surface area contributed by atoms with Crippen molar-refractivity contribution in [2.24, 2.45) is 0 Å². The molecule has 1 aromatic carbocycles. The summed E-state index contributed by atoms with van der Waals surface area (Å²) in [6.07, 6.45) is -0.636. The number of hydrogen-bond acceptors (Lipinski definition) is 3. The molecule has 0 aliphatic carbocycles. The molecule has 0 bridgehead atoms. The second-order valence-corrected chi connectivity index (χ2v) is 6.47. The third-order valence-electron chi connectivity index (χ3n) is 2.50. The molecule has 0 heterocycles. The molecule has 1 N–H and O–H groups in total. The normalized spacial score (nSPS) is 11.9. The highest BCUT2D eigenvalue weighted by atomic mass is 35.5. The number of halogens is 1. The molecule has 20 heavy (non-hydrogen) atoms. The lowest BCUT2D eigenvalue weighted by molar-refractivity contribution is 0.0454. The van der Waals surface area contributed by atoms with E-state index in [2.05, 4.69) is 5.32 Å². The zero-order valence-corrected chi connectivity index (χ0v) is 13.2. The smallest absolute Gasteiger partial charge is 0.408 e. The van der Waals surface area contributed by atoms with Crippen molar-refractivity contribution in [2.75, 3.05) is 0 Å². The van der Waals surface area contributed by atoms with Gasteiger partial charge in [0.15, 0.2) is 5.78 Å². The molecule has 4 nitrogen and oxygen atoms in total. The lowest BCUT2D eigenvalue weighted by Gasteiger charge is -2.27. The molecule has 0 unspecified atom stereocenters. The van der Waals surface area contributed by atoms with Crippen molar-refractivity contribution in [3.05, 3.63) is 34.9 Å². The number of ketones is 1. The van der Waals surface area contributed by atoms with Gasteiger partial charge in [-0.05, 0) is 46.8 Å². The number of rotatable bonds is 3. The standard InChI is InChI=1S/C15H20ClNO3/c1-14(2,3)20-13(19)17-15(4,5)12(18)10-8-6-7-9-11(10)16/h6-9H,1-5H3,(H,17,19). The quantitative estimate of drug-likeness (QED) is 0.863. The average molecular weight is 298 g/mol. The maximum atomic E-state index is 12.4. The first-order chi connectivity index (χ1) is 9.03. The van der Waals surface area contributed by atoms with E-state index in [1.165, 1.54) is 0 Å². The van der Waals surface area contributed by atoms with Crippen LogP contribution >= 0.6 is 11.6 Å². The Bertz CT molecular complexity index is 518. The Balaban J connectivity index is 2.86. The number of Topliss-reactive ketones (excluding diaryl/α,β-unsaturated/α-hetero) is 1. The first-order valence-electron chi connectivity index (χ1n) is 6.33. The average Bonchev–Trinajstić information content (AvgIpc) is 2.25. The number of ether oxygens (including phenoxy) is 1. The number of carbonyl (C=O) groups is 2. The maximum Gasteiger partial charge on any atom is 0.408 e. The van der Waals surface area contributed by atoms with Crippen molar-refractivity contribution < 1.29 is 14.3 Å². The number of amides is 1. The van der Waals surface area contributed by atoms with Gasteiger partial charge in [-0.1, -0.05) is 23.7 Å². The van der Waals surface area contributed by atoms with E-state index in [0.29, 0.717) is 10.6 Å². The van der Waals surface area contributed by atoms with Gasteiger partial charge in [0.1, 0.15) is 11.1 Å². The van der Waals surface area contributed by atoms with Crippen molar-refractivity contribution in [3.8, 4) is 0 Å². The fraction of sp³-hybridized carbons (Fsp3) is 0.467. The molecule has 110 valence electrons. The summed E-state index contributed by atoms with van der Waals surface area (Å²) in [5.74, 6) is -0.269. The first kappa shape index (κ1) is 16.5. The Kier molecular flexibility index (Phi) is 4.81. The second-order valence-electron chi connectivity index (χ2n) is 6.06. The molecule has 0 radical (unpaired) electrons. The summed E-state index contributed by atoms with van der Waals surface area (Å²) in [5, 5.41) is 2.93. The largest absolute Gasteiger partial charge is 0.444 e. The summed E-state index contributed by atoms with van der Waals surface area (Å²) < 4.78 is 5.15. The van der Waals surface area contributed by atoms with Crippen molar-refractivity contribution >= 4 is 23.5 Å². The van der Waals surface area contributed by atoms with E-state index >= 15 is 0 Å². The maximum absolute atomic E-state index is 12.4. The van der Waals surface area contributed by atoms with Crippen LogP contribution in [0.3, 0.4) is 0 Å². The molecule has 0 fully saturated rings. The van der Waals surface area contributed by atoms with E-state index in [4.69, 9.17) is 16.3 Å².